The molecule has 2 rings (SSSR count). The van der Waals surface area contributed by atoms with Crippen LogP contribution in [0.2, 0.25) is 0 Å². The van der Waals surface area contributed by atoms with E-state index in [1.807, 2.05) is 0 Å². The number of likely N-dealkylation sites (N-methyl/N-ethyl adjacent to an activating group) is 1. The molecule has 2 aliphatic rings. The van der Waals surface area contributed by atoms with Gasteiger partial charge in [-0.3, -0.25) is 4.79 Å². The monoisotopic (exact) mass is 225 g/mol. The molecule has 16 heavy (non-hydrogen) atoms. The summed E-state index contributed by atoms with van der Waals surface area (Å²) >= 11 is 0. The first-order chi connectivity index (χ1) is 7.77. The molecule has 2 N–H and O–H groups in total. The first-order valence-corrected chi connectivity index (χ1v) is 6.48. The van der Waals surface area contributed by atoms with Gasteiger partial charge < -0.3 is 15.5 Å². The van der Waals surface area contributed by atoms with Crippen LogP contribution in [0.4, 0.5) is 0 Å². The summed E-state index contributed by atoms with van der Waals surface area (Å²) in [6.45, 7) is 3.00. The van der Waals surface area contributed by atoms with Gasteiger partial charge in [-0.15, -0.1) is 0 Å². The minimum Gasteiger partial charge on any atom is -0.355 e. The van der Waals surface area contributed by atoms with Crippen LogP contribution in [0.15, 0.2) is 0 Å². The molecule has 2 fully saturated rings. The highest BCUT2D eigenvalue weighted by Gasteiger charge is 2.24. The van der Waals surface area contributed by atoms with Crippen LogP contribution in [-0.4, -0.2) is 49.6 Å². The molecule has 4 heteroatoms. The van der Waals surface area contributed by atoms with Gasteiger partial charge in [0.1, 0.15) is 0 Å². The standard InChI is InChI=1S/C12H23N3O/c1-15-8-3-2-5-10(15)9-14-11-6-4-7-13-12(11)16/h10-11,14H,2-9H2,1H3,(H,13,16). The van der Waals surface area contributed by atoms with Crippen molar-refractivity contribution in [3.05, 3.63) is 0 Å². The molecule has 0 aromatic heterocycles. The van der Waals surface area contributed by atoms with E-state index in [-0.39, 0.29) is 11.9 Å². The zero-order chi connectivity index (χ0) is 11.4. The van der Waals surface area contributed by atoms with Crippen LogP contribution in [0.25, 0.3) is 0 Å². The van der Waals surface area contributed by atoms with Crippen molar-refractivity contribution in [1.82, 2.24) is 15.5 Å². The van der Waals surface area contributed by atoms with E-state index in [1.165, 1.54) is 25.8 Å². The van der Waals surface area contributed by atoms with Crippen molar-refractivity contribution in [2.75, 3.05) is 26.7 Å². The van der Waals surface area contributed by atoms with Gasteiger partial charge in [0, 0.05) is 19.1 Å². The van der Waals surface area contributed by atoms with E-state index in [0.29, 0.717) is 6.04 Å². The van der Waals surface area contributed by atoms with Gasteiger partial charge >= 0.3 is 0 Å². The van der Waals surface area contributed by atoms with Crippen LogP contribution in [-0.2, 0) is 4.79 Å². The molecule has 0 bridgehead atoms. The van der Waals surface area contributed by atoms with Gasteiger partial charge in [0.2, 0.25) is 5.91 Å². The Hall–Kier alpha value is -0.610. The Labute approximate surface area is 97.8 Å². The second kappa shape index (κ2) is 5.64. The Kier molecular flexibility index (Phi) is 4.18. The highest BCUT2D eigenvalue weighted by Crippen LogP contribution is 2.14. The van der Waals surface area contributed by atoms with Gasteiger partial charge in [0.25, 0.3) is 0 Å². The Morgan fingerprint density at radius 2 is 2.25 bits per heavy atom. The van der Waals surface area contributed by atoms with Crippen LogP contribution in [0, 0.1) is 0 Å². The van der Waals surface area contributed by atoms with Crippen LogP contribution >= 0.6 is 0 Å². The first-order valence-electron chi connectivity index (χ1n) is 6.48. The van der Waals surface area contributed by atoms with Crippen molar-refractivity contribution in [3.8, 4) is 0 Å². The quantitative estimate of drug-likeness (QED) is 0.728. The lowest BCUT2D eigenvalue weighted by Crippen LogP contribution is -2.52. The number of carbonyl (C=O) groups is 1. The maximum Gasteiger partial charge on any atom is 0.237 e. The summed E-state index contributed by atoms with van der Waals surface area (Å²) in [4.78, 5) is 14.0. The summed E-state index contributed by atoms with van der Waals surface area (Å²) in [5.41, 5.74) is 0. The lowest BCUT2D eigenvalue weighted by molar-refractivity contribution is -0.124. The molecule has 0 aromatic rings. The minimum atomic E-state index is 0.0454. The number of amides is 1. The normalized spacial score (nSPS) is 32.4. The Morgan fingerprint density at radius 1 is 1.38 bits per heavy atom. The molecule has 0 saturated carbocycles. The van der Waals surface area contributed by atoms with E-state index < -0.39 is 0 Å². The van der Waals surface area contributed by atoms with Crippen molar-refractivity contribution in [1.29, 1.82) is 0 Å². The van der Waals surface area contributed by atoms with Gasteiger partial charge in [0.15, 0.2) is 0 Å². The lowest BCUT2D eigenvalue weighted by atomic mass is 10.0. The van der Waals surface area contributed by atoms with E-state index in [2.05, 4.69) is 22.6 Å². The van der Waals surface area contributed by atoms with Gasteiger partial charge in [-0.2, -0.15) is 0 Å². The van der Waals surface area contributed by atoms with E-state index in [1.54, 1.807) is 0 Å². The zero-order valence-corrected chi connectivity index (χ0v) is 10.2. The molecule has 0 spiro atoms. The molecule has 2 atom stereocenters. The fourth-order valence-corrected chi connectivity index (χ4v) is 2.65. The second-order valence-corrected chi connectivity index (χ2v) is 5.02. The molecule has 2 unspecified atom stereocenters. The molecular weight excluding hydrogens is 202 g/mol. The molecular formula is C12H23N3O. The molecule has 92 valence electrons. The topological polar surface area (TPSA) is 44.4 Å². The molecule has 0 radical (unpaired) electrons. The van der Waals surface area contributed by atoms with Crippen LogP contribution in [0.3, 0.4) is 0 Å². The molecule has 2 saturated heterocycles. The van der Waals surface area contributed by atoms with Crippen molar-refractivity contribution in [2.24, 2.45) is 0 Å². The smallest absolute Gasteiger partial charge is 0.237 e. The number of nitrogens with one attached hydrogen (secondary N) is 2. The fraction of sp³-hybridized carbons (Fsp3) is 0.917. The summed E-state index contributed by atoms with van der Waals surface area (Å²) in [5, 5.41) is 6.33. The number of hydrogen-bond acceptors (Lipinski definition) is 3. The van der Waals surface area contributed by atoms with Crippen molar-refractivity contribution in [3.63, 3.8) is 0 Å². The Morgan fingerprint density at radius 3 is 3.00 bits per heavy atom. The predicted molar refractivity (Wildman–Crippen MR) is 64.3 cm³/mol. The van der Waals surface area contributed by atoms with Gasteiger partial charge in [-0.25, -0.2) is 0 Å². The third-order valence-electron chi connectivity index (χ3n) is 3.81. The fourth-order valence-electron chi connectivity index (χ4n) is 2.65. The molecule has 0 aromatic carbocycles. The van der Waals surface area contributed by atoms with E-state index >= 15 is 0 Å². The third-order valence-corrected chi connectivity index (χ3v) is 3.81. The first kappa shape index (κ1) is 11.9. The van der Waals surface area contributed by atoms with Crippen molar-refractivity contribution in [2.45, 2.75) is 44.2 Å². The van der Waals surface area contributed by atoms with Crippen LogP contribution in [0.1, 0.15) is 32.1 Å². The molecule has 0 aliphatic carbocycles. The number of piperidine rings is 2. The number of hydrogen-bond donors (Lipinski definition) is 2. The predicted octanol–water partition coefficient (Wildman–Crippen LogP) is 0.339. The third kappa shape index (κ3) is 2.95. The van der Waals surface area contributed by atoms with E-state index in [0.717, 1.165) is 25.9 Å². The zero-order valence-electron chi connectivity index (χ0n) is 10.2. The summed E-state index contributed by atoms with van der Waals surface area (Å²) in [6.07, 6.45) is 5.99. The average molecular weight is 225 g/mol. The maximum absolute atomic E-state index is 11.6. The molecule has 2 aliphatic heterocycles. The van der Waals surface area contributed by atoms with Crippen LogP contribution < -0.4 is 10.6 Å². The van der Waals surface area contributed by atoms with Gasteiger partial charge in [-0.1, -0.05) is 6.42 Å². The minimum absolute atomic E-state index is 0.0454. The maximum atomic E-state index is 11.6. The average Bonchev–Trinajstić information content (AvgIpc) is 2.30. The van der Waals surface area contributed by atoms with Crippen LogP contribution in [0.5, 0.6) is 0 Å². The molecule has 2 heterocycles. The van der Waals surface area contributed by atoms with E-state index in [9.17, 15) is 4.79 Å². The number of carbonyl (C=O) groups excluding carboxylic acids is 1. The number of nitrogens with zero attached hydrogens (tertiary/aromatic N) is 1. The highest BCUT2D eigenvalue weighted by molar-refractivity contribution is 5.82. The summed E-state index contributed by atoms with van der Waals surface area (Å²) in [6, 6.07) is 0.660. The molecule has 1 amide bonds. The Bertz CT molecular complexity index is 244. The van der Waals surface area contributed by atoms with Crippen molar-refractivity contribution < 1.29 is 4.79 Å². The second-order valence-electron chi connectivity index (χ2n) is 5.02. The SMILES string of the molecule is CN1CCCCC1CNC1CCCNC1=O. The van der Waals surface area contributed by atoms with Gasteiger partial charge in [-0.05, 0) is 39.3 Å². The largest absolute Gasteiger partial charge is 0.355 e. The number of likely N-dealkylation sites (tertiary alicyclic amines) is 1. The van der Waals surface area contributed by atoms with Crippen molar-refractivity contribution >= 4 is 5.91 Å². The van der Waals surface area contributed by atoms with Gasteiger partial charge in [0.05, 0.1) is 6.04 Å². The Balaban J connectivity index is 1.75. The lowest BCUT2D eigenvalue weighted by Gasteiger charge is -2.34. The van der Waals surface area contributed by atoms with E-state index in [4.69, 9.17) is 0 Å². The summed E-state index contributed by atoms with van der Waals surface area (Å²) in [7, 11) is 2.19. The summed E-state index contributed by atoms with van der Waals surface area (Å²) in [5.74, 6) is 0.185. The number of rotatable bonds is 3. The molecule has 4 nitrogen and oxygen atoms in total. The highest BCUT2D eigenvalue weighted by atomic mass is 16.2. The summed E-state index contributed by atoms with van der Waals surface area (Å²) < 4.78 is 0.